The zero-order valence-corrected chi connectivity index (χ0v) is 12.7. The van der Waals surface area contributed by atoms with E-state index in [4.69, 9.17) is 4.84 Å². The number of hydrogen-bond acceptors (Lipinski definition) is 4. The van der Waals surface area contributed by atoms with E-state index in [0.717, 1.165) is 3.57 Å². The number of imide groups is 1. The monoisotopic (exact) mass is 423 g/mol. The van der Waals surface area contributed by atoms with Gasteiger partial charge in [0.15, 0.2) is 0 Å². The smallest absolute Gasteiger partial charge is 0.325 e. The summed E-state index contributed by atoms with van der Waals surface area (Å²) in [7, 11) is 0. The zero-order chi connectivity index (χ0) is 13.3. The van der Waals surface area contributed by atoms with Gasteiger partial charge in [0.05, 0.1) is 5.56 Å². The molecule has 94 valence electrons. The highest BCUT2D eigenvalue weighted by Gasteiger charge is 2.33. The Morgan fingerprint density at radius 1 is 1.28 bits per heavy atom. The molecule has 5 nitrogen and oxygen atoms in total. The van der Waals surface area contributed by atoms with Gasteiger partial charge in [-0.25, -0.2) is 4.79 Å². The van der Waals surface area contributed by atoms with Gasteiger partial charge in [0.25, 0.3) is 11.8 Å². The van der Waals surface area contributed by atoms with Crippen molar-refractivity contribution >= 4 is 56.3 Å². The van der Waals surface area contributed by atoms with Crippen molar-refractivity contribution < 1.29 is 19.2 Å². The summed E-state index contributed by atoms with van der Waals surface area (Å²) >= 11 is 5.32. The van der Waals surface area contributed by atoms with Gasteiger partial charge >= 0.3 is 5.97 Å². The second kappa shape index (κ2) is 5.35. The number of amides is 2. The van der Waals surface area contributed by atoms with Crippen LogP contribution in [0.1, 0.15) is 23.2 Å². The number of carbonyl (C=O) groups excluding carboxylic acids is 3. The molecule has 0 saturated carbocycles. The summed E-state index contributed by atoms with van der Waals surface area (Å²) in [6.07, 6.45) is 0.166. The first kappa shape index (κ1) is 13.5. The average Bonchev–Trinajstić information content (AvgIpc) is 2.64. The summed E-state index contributed by atoms with van der Waals surface area (Å²) < 4.78 is 1.41. The third-order valence-electron chi connectivity index (χ3n) is 2.35. The molecule has 1 saturated heterocycles. The standard InChI is InChI=1S/C11H7BrINO4/c12-10-6(2-1-3-7(10)13)11(17)18-14-8(15)4-5-9(14)16/h1-3H,4-5H2. The molecular formula is C11H7BrINO4. The molecule has 1 heterocycles. The van der Waals surface area contributed by atoms with Gasteiger partial charge in [-0.2, -0.15) is 0 Å². The van der Waals surface area contributed by atoms with Gasteiger partial charge in [-0.05, 0) is 50.7 Å². The molecule has 0 radical (unpaired) electrons. The van der Waals surface area contributed by atoms with Crippen LogP contribution in [-0.4, -0.2) is 22.8 Å². The lowest BCUT2D eigenvalue weighted by atomic mass is 10.2. The van der Waals surface area contributed by atoms with Crippen molar-refractivity contribution in [2.45, 2.75) is 12.8 Å². The number of benzene rings is 1. The number of halogens is 2. The van der Waals surface area contributed by atoms with Gasteiger partial charge in [0.2, 0.25) is 0 Å². The SMILES string of the molecule is O=C(ON1C(=O)CCC1=O)c1cccc(I)c1Br. The van der Waals surface area contributed by atoms with E-state index < -0.39 is 17.8 Å². The predicted molar refractivity (Wildman–Crippen MR) is 73.4 cm³/mol. The first-order valence-electron chi connectivity index (χ1n) is 5.03. The second-order valence-electron chi connectivity index (χ2n) is 3.56. The number of carbonyl (C=O) groups is 3. The maximum Gasteiger partial charge on any atom is 0.365 e. The molecule has 0 spiro atoms. The number of hydrogen-bond donors (Lipinski definition) is 0. The van der Waals surface area contributed by atoms with Gasteiger partial charge in [0, 0.05) is 20.9 Å². The molecule has 0 atom stereocenters. The van der Waals surface area contributed by atoms with Gasteiger partial charge in [-0.15, -0.1) is 5.06 Å². The number of nitrogens with zero attached hydrogens (tertiary/aromatic N) is 1. The molecule has 1 fully saturated rings. The van der Waals surface area contributed by atoms with E-state index in [9.17, 15) is 14.4 Å². The molecule has 1 aliphatic rings. The Hall–Kier alpha value is -0.960. The predicted octanol–water partition coefficient (Wildman–Crippen LogP) is 2.27. The molecular weight excluding hydrogens is 417 g/mol. The summed E-state index contributed by atoms with van der Waals surface area (Å²) in [6.45, 7) is 0. The van der Waals surface area contributed by atoms with Crippen molar-refractivity contribution in [1.82, 2.24) is 5.06 Å². The van der Waals surface area contributed by atoms with Crippen molar-refractivity contribution in [2.75, 3.05) is 0 Å². The van der Waals surface area contributed by atoms with Gasteiger partial charge in [0.1, 0.15) is 0 Å². The van der Waals surface area contributed by atoms with E-state index >= 15 is 0 Å². The molecule has 1 aromatic rings. The molecule has 0 aromatic heterocycles. The van der Waals surface area contributed by atoms with E-state index in [0.29, 0.717) is 9.54 Å². The average molecular weight is 424 g/mol. The van der Waals surface area contributed by atoms with Gasteiger partial charge in [-0.3, -0.25) is 9.59 Å². The minimum Gasteiger partial charge on any atom is -0.325 e. The second-order valence-corrected chi connectivity index (χ2v) is 5.52. The molecule has 0 unspecified atom stereocenters. The molecule has 2 amide bonds. The fraction of sp³-hybridized carbons (Fsp3) is 0.182. The van der Waals surface area contributed by atoms with Gasteiger partial charge in [-0.1, -0.05) is 6.07 Å². The topological polar surface area (TPSA) is 63.7 Å². The molecule has 0 aliphatic carbocycles. The van der Waals surface area contributed by atoms with Crippen LogP contribution in [0.4, 0.5) is 0 Å². The Balaban J connectivity index is 2.20. The Bertz CT molecular complexity index is 530. The fourth-order valence-electron chi connectivity index (χ4n) is 1.45. The number of rotatable bonds is 2. The maximum absolute atomic E-state index is 11.9. The molecule has 0 N–H and O–H groups in total. The molecule has 7 heteroatoms. The van der Waals surface area contributed by atoms with E-state index in [-0.39, 0.29) is 18.4 Å². The Morgan fingerprint density at radius 2 is 1.89 bits per heavy atom. The molecule has 2 rings (SSSR count). The summed E-state index contributed by atoms with van der Waals surface area (Å²) in [5.74, 6) is -1.71. The lowest BCUT2D eigenvalue weighted by Gasteiger charge is -2.13. The lowest BCUT2D eigenvalue weighted by molar-refractivity contribution is -0.172. The van der Waals surface area contributed by atoms with Crippen molar-refractivity contribution in [2.24, 2.45) is 0 Å². The van der Waals surface area contributed by atoms with Gasteiger partial charge < -0.3 is 4.84 Å². The van der Waals surface area contributed by atoms with Crippen LogP contribution in [-0.2, 0) is 14.4 Å². The normalized spacial score (nSPS) is 15.1. The van der Waals surface area contributed by atoms with Crippen LogP contribution < -0.4 is 0 Å². The third-order valence-corrected chi connectivity index (χ3v) is 4.85. The van der Waals surface area contributed by atoms with Crippen LogP contribution in [0.15, 0.2) is 22.7 Å². The minimum atomic E-state index is -0.732. The highest BCUT2D eigenvalue weighted by Crippen LogP contribution is 2.25. The quantitative estimate of drug-likeness (QED) is 0.540. The summed E-state index contributed by atoms with van der Waals surface area (Å²) in [6, 6.07) is 5.06. The summed E-state index contributed by atoms with van der Waals surface area (Å²) in [5.41, 5.74) is 0.273. The number of hydroxylamine groups is 2. The highest BCUT2D eigenvalue weighted by atomic mass is 127. The largest absolute Gasteiger partial charge is 0.365 e. The highest BCUT2D eigenvalue weighted by molar-refractivity contribution is 14.1. The fourth-order valence-corrected chi connectivity index (χ4v) is 2.38. The molecule has 18 heavy (non-hydrogen) atoms. The third kappa shape index (κ3) is 2.56. The van der Waals surface area contributed by atoms with Crippen molar-refractivity contribution in [1.29, 1.82) is 0 Å². The van der Waals surface area contributed by atoms with Crippen molar-refractivity contribution in [3.8, 4) is 0 Å². The lowest BCUT2D eigenvalue weighted by Crippen LogP contribution is -2.32. The van der Waals surface area contributed by atoms with E-state index in [1.165, 1.54) is 0 Å². The summed E-state index contributed by atoms with van der Waals surface area (Å²) in [4.78, 5) is 39.3. The van der Waals surface area contributed by atoms with Crippen LogP contribution in [0.3, 0.4) is 0 Å². The van der Waals surface area contributed by atoms with E-state index in [1.807, 2.05) is 6.07 Å². The molecule has 1 aliphatic heterocycles. The van der Waals surface area contributed by atoms with Crippen LogP contribution in [0.5, 0.6) is 0 Å². The van der Waals surface area contributed by atoms with Crippen molar-refractivity contribution in [3.63, 3.8) is 0 Å². The molecule has 0 bridgehead atoms. The van der Waals surface area contributed by atoms with Crippen LogP contribution in [0.2, 0.25) is 0 Å². The van der Waals surface area contributed by atoms with Crippen LogP contribution >= 0.6 is 38.5 Å². The Kier molecular flexibility index (Phi) is 4.00. The van der Waals surface area contributed by atoms with Crippen LogP contribution in [0, 0.1) is 3.57 Å². The minimum absolute atomic E-state index is 0.0829. The molecule has 1 aromatic carbocycles. The Morgan fingerprint density at radius 3 is 2.50 bits per heavy atom. The van der Waals surface area contributed by atoms with E-state index in [1.54, 1.807) is 12.1 Å². The van der Waals surface area contributed by atoms with Crippen LogP contribution in [0.25, 0.3) is 0 Å². The summed E-state index contributed by atoms with van der Waals surface area (Å²) in [5, 5.41) is 0.536. The maximum atomic E-state index is 11.9. The van der Waals surface area contributed by atoms with Crippen molar-refractivity contribution in [3.05, 3.63) is 31.8 Å². The first-order valence-corrected chi connectivity index (χ1v) is 6.90. The first-order chi connectivity index (χ1) is 8.50. The van der Waals surface area contributed by atoms with E-state index in [2.05, 4.69) is 38.5 Å². The Labute approximate surface area is 125 Å². The zero-order valence-electron chi connectivity index (χ0n) is 8.98.